The number of benzene rings is 3. The normalized spacial score (nSPS) is 13.3. The number of fused-ring (bicyclic) bond motifs is 1. The Hall–Kier alpha value is -3.97. The van der Waals surface area contributed by atoms with Crippen molar-refractivity contribution in [1.29, 1.82) is 0 Å². The summed E-state index contributed by atoms with van der Waals surface area (Å²) in [6, 6.07) is 13.6. The summed E-state index contributed by atoms with van der Waals surface area (Å²) in [5.74, 6) is 1.43. The van der Waals surface area contributed by atoms with E-state index < -0.39 is 5.97 Å². The van der Waals surface area contributed by atoms with Gasteiger partial charge in [0.25, 0.3) is 0 Å². The van der Waals surface area contributed by atoms with Crippen molar-refractivity contribution in [2.45, 2.75) is 13.3 Å². The van der Waals surface area contributed by atoms with Crippen molar-refractivity contribution >= 4 is 29.4 Å². The van der Waals surface area contributed by atoms with E-state index in [1.807, 2.05) is 0 Å². The Morgan fingerprint density at radius 3 is 2.20 bits per heavy atom. The number of hydrogen-bond acceptors (Lipinski definition) is 7. The summed E-state index contributed by atoms with van der Waals surface area (Å²) in [6.45, 7) is 1.74. The number of carbonyl (C=O) groups excluding carboxylic acids is 2. The largest absolute Gasteiger partial charge is 0.493 e. The van der Waals surface area contributed by atoms with Gasteiger partial charge in [-0.15, -0.1) is 0 Å². The standard InChI is InChI=1S/C27H23ClO7/c1-15-20(34-24(29)14-16-5-7-18(28)8-6-16)10-9-19-25(30)21(35-26(15)19)11-17-12-22(31-2)27(33-4)23(13-17)32-3/h5-13H,14H2,1-4H3/b21-11-. The highest BCUT2D eigenvalue weighted by molar-refractivity contribution is 6.30. The molecule has 7 nitrogen and oxygen atoms in total. The Kier molecular flexibility index (Phi) is 6.98. The van der Waals surface area contributed by atoms with Crippen LogP contribution >= 0.6 is 11.6 Å². The fraction of sp³-hybridized carbons (Fsp3) is 0.185. The highest BCUT2D eigenvalue weighted by atomic mass is 35.5. The van der Waals surface area contributed by atoms with Crippen LogP contribution in [-0.2, 0) is 11.2 Å². The maximum atomic E-state index is 13.0. The Bertz CT molecular complexity index is 1300. The molecule has 180 valence electrons. The Morgan fingerprint density at radius 2 is 1.60 bits per heavy atom. The number of carbonyl (C=O) groups is 2. The van der Waals surface area contributed by atoms with E-state index >= 15 is 0 Å². The molecule has 8 heteroatoms. The number of rotatable bonds is 7. The van der Waals surface area contributed by atoms with Crippen LogP contribution in [0.5, 0.6) is 28.7 Å². The molecule has 0 unspecified atom stereocenters. The molecule has 0 bridgehead atoms. The van der Waals surface area contributed by atoms with Crippen LogP contribution in [0.25, 0.3) is 6.08 Å². The first-order valence-electron chi connectivity index (χ1n) is 10.7. The number of ether oxygens (including phenoxy) is 5. The van der Waals surface area contributed by atoms with Crippen LogP contribution in [0.15, 0.2) is 54.3 Å². The molecule has 35 heavy (non-hydrogen) atoms. The van der Waals surface area contributed by atoms with Gasteiger partial charge in [0.1, 0.15) is 11.5 Å². The molecular weight excluding hydrogens is 472 g/mol. The molecule has 1 aliphatic heterocycles. The van der Waals surface area contributed by atoms with Gasteiger partial charge >= 0.3 is 5.97 Å². The summed E-state index contributed by atoms with van der Waals surface area (Å²) < 4.78 is 27.6. The average Bonchev–Trinajstić information content (AvgIpc) is 3.17. The van der Waals surface area contributed by atoms with E-state index in [1.54, 1.807) is 61.5 Å². The van der Waals surface area contributed by atoms with Gasteiger partial charge in [-0.2, -0.15) is 0 Å². The lowest BCUT2D eigenvalue weighted by Gasteiger charge is -2.13. The predicted octanol–water partition coefficient (Wildman–Crippen LogP) is 5.44. The molecule has 0 radical (unpaired) electrons. The van der Waals surface area contributed by atoms with Crippen LogP contribution in [0.2, 0.25) is 5.02 Å². The van der Waals surface area contributed by atoms with Gasteiger partial charge in [-0.3, -0.25) is 9.59 Å². The van der Waals surface area contributed by atoms with E-state index in [9.17, 15) is 9.59 Å². The summed E-state index contributed by atoms with van der Waals surface area (Å²) in [5.41, 5.74) is 2.34. The number of esters is 1. The maximum absolute atomic E-state index is 13.0. The molecule has 0 fully saturated rings. The molecule has 3 aromatic carbocycles. The molecule has 0 spiro atoms. The van der Waals surface area contributed by atoms with Crippen LogP contribution in [0, 0.1) is 6.92 Å². The highest BCUT2D eigenvalue weighted by Crippen LogP contribution is 2.41. The topological polar surface area (TPSA) is 80.3 Å². The molecule has 1 heterocycles. The first-order valence-corrected chi connectivity index (χ1v) is 11.1. The Morgan fingerprint density at radius 1 is 0.943 bits per heavy atom. The van der Waals surface area contributed by atoms with Gasteiger partial charge in [0.15, 0.2) is 17.3 Å². The van der Waals surface area contributed by atoms with Crippen molar-refractivity contribution in [2.24, 2.45) is 0 Å². The van der Waals surface area contributed by atoms with Crippen LogP contribution in [0.4, 0.5) is 0 Å². The van der Waals surface area contributed by atoms with Gasteiger partial charge in [-0.05, 0) is 60.5 Å². The second-order valence-electron chi connectivity index (χ2n) is 7.74. The molecule has 3 aromatic rings. The molecule has 4 rings (SSSR count). The zero-order valence-corrected chi connectivity index (χ0v) is 20.4. The third kappa shape index (κ3) is 4.95. The molecule has 0 aromatic heterocycles. The number of ketones is 1. The fourth-order valence-electron chi connectivity index (χ4n) is 3.74. The van der Waals surface area contributed by atoms with Crippen LogP contribution in [0.3, 0.4) is 0 Å². The zero-order valence-electron chi connectivity index (χ0n) is 19.6. The first-order chi connectivity index (χ1) is 16.8. The summed E-state index contributed by atoms with van der Waals surface area (Å²) in [7, 11) is 4.54. The maximum Gasteiger partial charge on any atom is 0.315 e. The third-order valence-corrected chi connectivity index (χ3v) is 5.76. The van der Waals surface area contributed by atoms with E-state index in [4.69, 9.17) is 35.3 Å². The van der Waals surface area contributed by atoms with Crippen molar-refractivity contribution in [2.75, 3.05) is 21.3 Å². The van der Waals surface area contributed by atoms with Gasteiger partial charge in [-0.25, -0.2) is 0 Å². The molecule has 0 aliphatic carbocycles. The van der Waals surface area contributed by atoms with Gasteiger partial charge in [0.05, 0.1) is 33.3 Å². The summed E-state index contributed by atoms with van der Waals surface area (Å²) >= 11 is 5.89. The lowest BCUT2D eigenvalue weighted by Crippen LogP contribution is -2.12. The predicted molar refractivity (Wildman–Crippen MR) is 131 cm³/mol. The van der Waals surface area contributed by atoms with Crippen molar-refractivity contribution in [3.63, 3.8) is 0 Å². The lowest BCUT2D eigenvalue weighted by atomic mass is 10.1. The van der Waals surface area contributed by atoms with Crippen molar-refractivity contribution in [1.82, 2.24) is 0 Å². The highest BCUT2D eigenvalue weighted by Gasteiger charge is 2.31. The minimum atomic E-state index is -0.437. The van der Waals surface area contributed by atoms with Crippen molar-refractivity contribution in [3.8, 4) is 28.7 Å². The van der Waals surface area contributed by atoms with Crippen LogP contribution in [0.1, 0.15) is 27.0 Å². The molecule has 0 atom stereocenters. The lowest BCUT2D eigenvalue weighted by molar-refractivity contribution is -0.133. The van der Waals surface area contributed by atoms with E-state index in [2.05, 4.69) is 0 Å². The smallest absolute Gasteiger partial charge is 0.315 e. The second kappa shape index (κ2) is 10.1. The van der Waals surface area contributed by atoms with Gasteiger partial charge in [0, 0.05) is 10.6 Å². The number of Topliss-reactive ketones (excluding diaryl/α,β-unsaturated/α-hetero) is 1. The first kappa shape index (κ1) is 24.2. The molecule has 0 saturated carbocycles. The molecular formula is C27H23ClO7. The molecule has 1 aliphatic rings. The minimum absolute atomic E-state index is 0.0831. The van der Waals surface area contributed by atoms with E-state index in [0.29, 0.717) is 50.5 Å². The number of halogens is 1. The number of methoxy groups -OCH3 is 3. The SMILES string of the molecule is COc1cc(/C=C2\Oc3c(ccc(OC(=O)Cc4ccc(Cl)cc4)c3C)C2=O)cc(OC)c1OC. The quantitative estimate of drug-likeness (QED) is 0.246. The number of allylic oxidation sites excluding steroid dienone is 1. The second-order valence-corrected chi connectivity index (χ2v) is 8.18. The van der Waals surface area contributed by atoms with Crippen LogP contribution in [-0.4, -0.2) is 33.1 Å². The van der Waals surface area contributed by atoms with Crippen molar-refractivity contribution in [3.05, 3.63) is 81.6 Å². The fourth-order valence-corrected chi connectivity index (χ4v) is 3.87. The number of hydrogen-bond donors (Lipinski definition) is 0. The van der Waals surface area contributed by atoms with Crippen molar-refractivity contribution < 1.29 is 33.3 Å². The van der Waals surface area contributed by atoms with E-state index in [0.717, 1.165) is 5.56 Å². The molecule has 0 saturated heterocycles. The zero-order chi connectivity index (χ0) is 25.1. The van der Waals surface area contributed by atoms with Gasteiger partial charge < -0.3 is 23.7 Å². The Labute approximate surface area is 207 Å². The van der Waals surface area contributed by atoms with E-state index in [-0.39, 0.29) is 18.0 Å². The van der Waals surface area contributed by atoms with E-state index in [1.165, 1.54) is 21.3 Å². The summed E-state index contributed by atoms with van der Waals surface area (Å²) in [6.07, 6.45) is 1.68. The monoisotopic (exact) mass is 494 g/mol. The van der Waals surface area contributed by atoms with Gasteiger partial charge in [-0.1, -0.05) is 23.7 Å². The minimum Gasteiger partial charge on any atom is -0.493 e. The van der Waals surface area contributed by atoms with Crippen LogP contribution < -0.4 is 23.7 Å². The summed E-state index contributed by atoms with van der Waals surface area (Å²) in [5, 5.41) is 0.591. The molecule has 0 amide bonds. The Balaban J connectivity index is 1.57. The third-order valence-electron chi connectivity index (χ3n) is 5.51. The van der Waals surface area contributed by atoms with Gasteiger partial charge in [0.2, 0.25) is 11.5 Å². The average molecular weight is 495 g/mol. The summed E-state index contributed by atoms with van der Waals surface area (Å²) in [4.78, 5) is 25.4. The molecule has 0 N–H and O–H groups in total.